The Kier molecular flexibility index (Phi) is 5.10. The van der Waals surface area contributed by atoms with Gasteiger partial charge in [0.25, 0.3) is 0 Å². The number of hydrogen-bond donors (Lipinski definition) is 2. The van der Waals surface area contributed by atoms with E-state index in [0.717, 1.165) is 6.42 Å². The van der Waals surface area contributed by atoms with E-state index in [4.69, 9.17) is 18.0 Å². The summed E-state index contributed by atoms with van der Waals surface area (Å²) in [6.07, 6.45) is 1.51. The van der Waals surface area contributed by atoms with Crippen LogP contribution in [-0.4, -0.2) is 10.9 Å². The van der Waals surface area contributed by atoms with E-state index >= 15 is 0 Å². The smallest absolute Gasteiger partial charge is 0.224 e. The maximum atomic E-state index is 11.8. The molecule has 0 saturated heterocycles. The van der Waals surface area contributed by atoms with E-state index in [9.17, 15) is 4.79 Å². The van der Waals surface area contributed by atoms with Crippen LogP contribution in [0.5, 0.6) is 0 Å². The van der Waals surface area contributed by atoms with Crippen molar-refractivity contribution < 1.29 is 4.79 Å². The van der Waals surface area contributed by atoms with Crippen LogP contribution in [0.15, 0.2) is 24.3 Å². The fraction of sp³-hybridized carbons (Fsp3) is 0.385. The number of carbonyl (C=O) groups is 1. The molecule has 1 aromatic carbocycles. The molecule has 1 rings (SSSR count). The monoisotopic (exact) mass is 250 g/mol. The minimum Gasteiger partial charge on any atom is -0.389 e. The van der Waals surface area contributed by atoms with Crippen LogP contribution in [0.4, 0.5) is 5.69 Å². The second-order valence-corrected chi connectivity index (χ2v) is 4.62. The number of carbonyl (C=O) groups excluding carboxylic acids is 1. The molecule has 0 heterocycles. The molecule has 0 fully saturated rings. The molecular weight excluding hydrogens is 232 g/mol. The minimum atomic E-state index is 0.00282. The number of nitrogens with two attached hydrogens (primary N) is 1. The number of thiocarbonyl (C=S) groups is 1. The summed E-state index contributed by atoms with van der Waals surface area (Å²) in [5, 5.41) is 2.85. The van der Waals surface area contributed by atoms with Crippen molar-refractivity contribution in [1.29, 1.82) is 0 Å². The molecular formula is C13H18N2OS. The van der Waals surface area contributed by atoms with Gasteiger partial charge in [-0.3, -0.25) is 4.79 Å². The van der Waals surface area contributed by atoms with Gasteiger partial charge in [0, 0.05) is 12.0 Å². The van der Waals surface area contributed by atoms with Gasteiger partial charge >= 0.3 is 0 Å². The molecule has 0 radical (unpaired) electrons. The lowest BCUT2D eigenvalue weighted by Crippen LogP contribution is -2.18. The van der Waals surface area contributed by atoms with Crippen LogP contribution in [-0.2, 0) is 4.79 Å². The fourth-order valence-electron chi connectivity index (χ4n) is 1.47. The molecule has 0 saturated carbocycles. The molecule has 1 atom stereocenters. The second-order valence-electron chi connectivity index (χ2n) is 4.18. The van der Waals surface area contributed by atoms with Gasteiger partial charge in [0.2, 0.25) is 5.91 Å². The third-order valence-electron chi connectivity index (χ3n) is 2.70. The lowest BCUT2D eigenvalue weighted by atomic mass is 10.0. The van der Waals surface area contributed by atoms with Gasteiger partial charge in [0.1, 0.15) is 4.99 Å². The molecule has 3 nitrogen and oxygen atoms in total. The van der Waals surface area contributed by atoms with Gasteiger partial charge in [-0.15, -0.1) is 0 Å². The lowest BCUT2D eigenvalue weighted by molar-refractivity contribution is -0.117. The van der Waals surface area contributed by atoms with Gasteiger partial charge < -0.3 is 11.1 Å². The van der Waals surface area contributed by atoms with E-state index in [-0.39, 0.29) is 5.91 Å². The SMILES string of the molecule is CCC(C)CC(=O)Nc1ccccc1C(N)=S. The summed E-state index contributed by atoms with van der Waals surface area (Å²) in [6.45, 7) is 4.12. The van der Waals surface area contributed by atoms with Crippen LogP contribution in [0.2, 0.25) is 0 Å². The summed E-state index contributed by atoms with van der Waals surface area (Å²) in [5.74, 6) is 0.384. The van der Waals surface area contributed by atoms with Gasteiger partial charge in [0.05, 0.1) is 5.69 Å². The van der Waals surface area contributed by atoms with Crippen LogP contribution in [0.1, 0.15) is 32.3 Å². The highest BCUT2D eigenvalue weighted by atomic mass is 32.1. The Morgan fingerprint density at radius 1 is 1.47 bits per heavy atom. The van der Waals surface area contributed by atoms with E-state index < -0.39 is 0 Å². The standard InChI is InChI=1S/C13H18N2OS/c1-3-9(2)8-12(16)15-11-7-5-4-6-10(11)13(14)17/h4-7,9H,3,8H2,1-2H3,(H2,14,17)(H,15,16). The van der Waals surface area contributed by atoms with Crippen molar-refractivity contribution in [2.24, 2.45) is 11.7 Å². The molecule has 0 aliphatic carbocycles. The van der Waals surface area contributed by atoms with Gasteiger partial charge in [-0.1, -0.05) is 44.6 Å². The third-order valence-corrected chi connectivity index (χ3v) is 2.92. The summed E-state index contributed by atoms with van der Waals surface area (Å²) in [6, 6.07) is 7.31. The van der Waals surface area contributed by atoms with Crippen molar-refractivity contribution in [3.63, 3.8) is 0 Å². The first kappa shape index (κ1) is 13.6. The largest absolute Gasteiger partial charge is 0.389 e. The summed E-state index contributed by atoms with van der Waals surface area (Å²) in [5.41, 5.74) is 6.99. The summed E-state index contributed by atoms with van der Waals surface area (Å²) >= 11 is 4.94. The Bertz CT molecular complexity index is 418. The first-order valence-corrected chi connectivity index (χ1v) is 6.14. The average Bonchev–Trinajstić information content (AvgIpc) is 2.29. The molecule has 0 aromatic heterocycles. The van der Waals surface area contributed by atoms with Crippen LogP contribution in [0.3, 0.4) is 0 Å². The summed E-state index contributed by atoms with van der Waals surface area (Å²) < 4.78 is 0. The molecule has 1 aromatic rings. The minimum absolute atomic E-state index is 0.00282. The van der Waals surface area contributed by atoms with Gasteiger partial charge in [-0.25, -0.2) is 0 Å². The Morgan fingerprint density at radius 2 is 2.12 bits per heavy atom. The lowest BCUT2D eigenvalue weighted by Gasteiger charge is -2.12. The fourth-order valence-corrected chi connectivity index (χ4v) is 1.65. The topological polar surface area (TPSA) is 55.1 Å². The summed E-state index contributed by atoms with van der Waals surface area (Å²) in [4.78, 5) is 12.1. The molecule has 17 heavy (non-hydrogen) atoms. The maximum absolute atomic E-state index is 11.8. The van der Waals surface area contributed by atoms with Crippen molar-refractivity contribution in [3.05, 3.63) is 29.8 Å². The number of rotatable bonds is 5. The highest BCUT2D eigenvalue weighted by Gasteiger charge is 2.10. The molecule has 0 spiro atoms. The molecule has 1 unspecified atom stereocenters. The number of nitrogens with one attached hydrogen (secondary N) is 1. The number of amides is 1. The molecule has 0 aliphatic rings. The first-order chi connectivity index (χ1) is 8.04. The molecule has 4 heteroatoms. The molecule has 0 aliphatic heterocycles. The molecule has 92 valence electrons. The number of para-hydroxylation sites is 1. The summed E-state index contributed by atoms with van der Waals surface area (Å²) in [7, 11) is 0. The van der Waals surface area contributed by atoms with Crippen molar-refractivity contribution in [2.45, 2.75) is 26.7 Å². The quantitative estimate of drug-likeness (QED) is 0.790. The van der Waals surface area contributed by atoms with Crippen LogP contribution < -0.4 is 11.1 Å². The maximum Gasteiger partial charge on any atom is 0.224 e. The predicted octanol–water partition coefficient (Wildman–Crippen LogP) is 2.70. The van der Waals surface area contributed by atoms with E-state index in [1.807, 2.05) is 18.2 Å². The van der Waals surface area contributed by atoms with Gasteiger partial charge in [-0.05, 0) is 18.1 Å². The molecule has 3 N–H and O–H groups in total. The normalized spacial score (nSPS) is 11.9. The molecule has 1 amide bonds. The van der Waals surface area contributed by atoms with Crippen molar-refractivity contribution in [3.8, 4) is 0 Å². The molecule has 0 bridgehead atoms. The van der Waals surface area contributed by atoms with Gasteiger partial charge in [0.15, 0.2) is 0 Å². The average molecular weight is 250 g/mol. The third kappa shape index (κ3) is 4.15. The Balaban J connectivity index is 2.74. The number of hydrogen-bond acceptors (Lipinski definition) is 2. The Morgan fingerprint density at radius 3 is 2.71 bits per heavy atom. The second kappa shape index (κ2) is 6.35. The van der Waals surface area contributed by atoms with Crippen molar-refractivity contribution in [2.75, 3.05) is 5.32 Å². The van der Waals surface area contributed by atoms with E-state index in [1.165, 1.54) is 0 Å². The zero-order valence-electron chi connectivity index (χ0n) is 10.2. The van der Waals surface area contributed by atoms with Crippen LogP contribution >= 0.6 is 12.2 Å². The van der Waals surface area contributed by atoms with Crippen LogP contribution in [0, 0.1) is 5.92 Å². The highest BCUT2D eigenvalue weighted by molar-refractivity contribution is 7.80. The highest BCUT2D eigenvalue weighted by Crippen LogP contribution is 2.16. The van der Waals surface area contributed by atoms with Crippen molar-refractivity contribution in [1.82, 2.24) is 0 Å². The number of benzene rings is 1. The van der Waals surface area contributed by atoms with E-state index in [1.54, 1.807) is 6.07 Å². The predicted molar refractivity (Wildman–Crippen MR) is 75.0 cm³/mol. The Labute approximate surface area is 107 Å². The van der Waals surface area contributed by atoms with E-state index in [2.05, 4.69) is 19.2 Å². The number of anilines is 1. The van der Waals surface area contributed by atoms with Gasteiger partial charge in [-0.2, -0.15) is 0 Å². The van der Waals surface area contributed by atoms with Crippen molar-refractivity contribution >= 4 is 28.8 Å². The first-order valence-electron chi connectivity index (χ1n) is 5.73. The van der Waals surface area contributed by atoms with E-state index in [0.29, 0.717) is 28.6 Å². The zero-order chi connectivity index (χ0) is 12.8. The Hall–Kier alpha value is -1.42. The zero-order valence-corrected chi connectivity index (χ0v) is 11.0. The van der Waals surface area contributed by atoms with Crippen LogP contribution in [0.25, 0.3) is 0 Å².